The molecule has 1 N–H and O–H groups in total. The van der Waals surface area contributed by atoms with Crippen LogP contribution in [0.25, 0.3) is 11.0 Å². The Balaban J connectivity index is 1.71. The third kappa shape index (κ3) is 3.20. The molecule has 7 nitrogen and oxygen atoms in total. The highest BCUT2D eigenvalue weighted by atomic mass is 35.5. The van der Waals surface area contributed by atoms with Crippen molar-refractivity contribution < 1.29 is 9.47 Å². The molecule has 136 valence electrons. The van der Waals surface area contributed by atoms with Gasteiger partial charge in [0.05, 0.1) is 19.3 Å². The Labute approximate surface area is 154 Å². The van der Waals surface area contributed by atoms with E-state index in [0.29, 0.717) is 47.3 Å². The van der Waals surface area contributed by atoms with Crippen molar-refractivity contribution in [3.05, 3.63) is 51.2 Å². The van der Waals surface area contributed by atoms with E-state index in [4.69, 9.17) is 21.1 Å². The quantitative estimate of drug-likeness (QED) is 0.759. The Bertz CT molecular complexity index is 992. The number of methoxy groups -OCH3 is 1. The molecule has 4 rings (SSSR count). The van der Waals surface area contributed by atoms with Crippen LogP contribution < -0.4 is 10.3 Å². The van der Waals surface area contributed by atoms with E-state index in [9.17, 15) is 4.79 Å². The maximum Gasteiger partial charge on any atom is 0.262 e. The maximum atomic E-state index is 12.4. The Morgan fingerprint density at radius 2 is 2.19 bits per heavy atom. The fraction of sp³-hybridized carbons (Fsp3) is 0.389. The van der Waals surface area contributed by atoms with E-state index in [2.05, 4.69) is 15.1 Å². The number of hydrogen-bond acceptors (Lipinski definition) is 5. The van der Waals surface area contributed by atoms with Gasteiger partial charge in [-0.1, -0.05) is 17.7 Å². The van der Waals surface area contributed by atoms with Crippen molar-refractivity contribution in [2.75, 3.05) is 20.3 Å². The number of aromatic nitrogens is 4. The molecule has 3 heterocycles. The summed E-state index contributed by atoms with van der Waals surface area (Å²) >= 11 is 6.32. The number of fused-ring (bicyclic) bond motifs is 1. The summed E-state index contributed by atoms with van der Waals surface area (Å²) in [4.78, 5) is 19.9. The van der Waals surface area contributed by atoms with Crippen LogP contribution >= 0.6 is 11.6 Å². The second-order valence-electron chi connectivity index (χ2n) is 6.32. The fourth-order valence-electron chi connectivity index (χ4n) is 3.24. The molecule has 0 atom stereocenters. The Hall–Kier alpha value is -2.38. The highest BCUT2D eigenvalue weighted by Gasteiger charge is 2.20. The summed E-state index contributed by atoms with van der Waals surface area (Å²) in [6.45, 7) is 1.40. The summed E-state index contributed by atoms with van der Waals surface area (Å²) in [5.74, 6) is 1.25. The van der Waals surface area contributed by atoms with Crippen LogP contribution in [0, 0.1) is 0 Å². The van der Waals surface area contributed by atoms with Gasteiger partial charge in [-0.25, -0.2) is 9.67 Å². The van der Waals surface area contributed by atoms with Crippen molar-refractivity contribution in [3.8, 4) is 5.75 Å². The molecule has 26 heavy (non-hydrogen) atoms. The van der Waals surface area contributed by atoms with Crippen molar-refractivity contribution in [2.45, 2.75) is 25.3 Å². The molecule has 0 spiro atoms. The Morgan fingerprint density at radius 1 is 1.38 bits per heavy atom. The van der Waals surface area contributed by atoms with Gasteiger partial charge in [-0.15, -0.1) is 0 Å². The summed E-state index contributed by atoms with van der Waals surface area (Å²) in [6.07, 6.45) is 3.74. The van der Waals surface area contributed by atoms with Crippen molar-refractivity contribution in [3.63, 3.8) is 0 Å². The SMILES string of the molecule is COc1ccc(Cc2nc3c(cnn3C3CCOCC3)c(=O)[nH]2)c(Cl)c1. The van der Waals surface area contributed by atoms with Crippen molar-refractivity contribution in [1.82, 2.24) is 19.7 Å². The van der Waals surface area contributed by atoms with Gasteiger partial charge in [0, 0.05) is 24.7 Å². The van der Waals surface area contributed by atoms with E-state index < -0.39 is 0 Å². The van der Waals surface area contributed by atoms with E-state index in [1.165, 1.54) is 0 Å². The zero-order valence-electron chi connectivity index (χ0n) is 14.4. The Kier molecular flexibility index (Phi) is 4.65. The number of aromatic amines is 1. The average molecular weight is 375 g/mol. The van der Waals surface area contributed by atoms with Gasteiger partial charge >= 0.3 is 0 Å². The highest BCUT2D eigenvalue weighted by Crippen LogP contribution is 2.25. The van der Waals surface area contributed by atoms with Gasteiger partial charge in [0.15, 0.2) is 5.65 Å². The summed E-state index contributed by atoms with van der Waals surface area (Å²) < 4.78 is 12.4. The lowest BCUT2D eigenvalue weighted by Gasteiger charge is -2.22. The number of hydrogen-bond donors (Lipinski definition) is 1. The lowest BCUT2D eigenvalue weighted by molar-refractivity contribution is 0.0673. The average Bonchev–Trinajstić information content (AvgIpc) is 3.08. The van der Waals surface area contributed by atoms with Crippen molar-refractivity contribution >= 4 is 22.6 Å². The first kappa shape index (κ1) is 17.1. The first-order chi connectivity index (χ1) is 12.7. The van der Waals surface area contributed by atoms with Crippen molar-refractivity contribution in [1.29, 1.82) is 0 Å². The van der Waals surface area contributed by atoms with Gasteiger partial charge in [0.2, 0.25) is 0 Å². The number of nitrogens with one attached hydrogen (secondary N) is 1. The molecule has 1 saturated heterocycles. The first-order valence-corrected chi connectivity index (χ1v) is 8.90. The fourth-order valence-corrected chi connectivity index (χ4v) is 3.48. The predicted molar refractivity (Wildman–Crippen MR) is 98.0 cm³/mol. The van der Waals surface area contributed by atoms with E-state index in [0.717, 1.165) is 18.4 Å². The molecule has 0 radical (unpaired) electrons. The smallest absolute Gasteiger partial charge is 0.262 e. The standard InChI is InChI=1S/C18H19ClN4O3/c1-25-13-3-2-11(15(19)9-13)8-16-21-17-14(18(24)22-16)10-20-23(17)12-4-6-26-7-5-12/h2-3,9-10,12H,4-8H2,1H3,(H,21,22,24). The molecule has 8 heteroatoms. The van der Waals surface area contributed by atoms with E-state index in [1.807, 2.05) is 16.8 Å². The predicted octanol–water partition coefficient (Wildman–Crippen LogP) is 2.72. The topological polar surface area (TPSA) is 82.0 Å². The zero-order chi connectivity index (χ0) is 18.1. The summed E-state index contributed by atoms with van der Waals surface area (Å²) in [6, 6.07) is 5.67. The summed E-state index contributed by atoms with van der Waals surface area (Å²) in [7, 11) is 1.59. The van der Waals surface area contributed by atoms with Crippen LogP contribution in [0.1, 0.15) is 30.3 Å². The van der Waals surface area contributed by atoms with E-state index >= 15 is 0 Å². The van der Waals surface area contributed by atoms with Crippen LogP contribution in [0.4, 0.5) is 0 Å². The van der Waals surface area contributed by atoms with Crippen LogP contribution in [0.5, 0.6) is 5.75 Å². The van der Waals surface area contributed by atoms with Gasteiger partial charge in [-0.2, -0.15) is 5.10 Å². The molecule has 0 bridgehead atoms. The normalized spacial score (nSPS) is 15.5. The molecule has 0 unspecified atom stereocenters. The number of halogens is 1. The number of nitrogens with zero attached hydrogens (tertiary/aromatic N) is 3. The highest BCUT2D eigenvalue weighted by molar-refractivity contribution is 6.31. The second kappa shape index (κ2) is 7.09. The lowest BCUT2D eigenvalue weighted by Crippen LogP contribution is -2.21. The molecule has 3 aromatic rings. The van der Waals surface area contributed by atoms with Gasteiger partial charge in [0.1, 0.15) is 17.0 Å². The van der Waals surface area contributed by atoms with Crippen LogP contribution in [0.3, 0.4) is 0 Å². The minimum atomic E-state index is -0.187. The van der Waals surface area contributed by atoms with Gasteiger partial charge < -0.3 is 14.5 Å². The third-order valence-electron chi connectivity index (χ3n) is 4.67. The summed E-state index contributed by atoms with van der Waals surface area (Å²) in [5, 5.41) is 5.48. The zero-order valence-corrected chi connectivity index (χ0v) is 15.1. The van der Waals surface area contributed by atoms with Crippen LogP contribution in [-0.2, 0) is 11.2 Å². The minimum Gasteiger partial charge on any atom is -0.497 e. The molecule has 1 aliphatic rings. The van der Waals surface area contributed by atoms with Crippen LogP contribution in [0.15, 0.2) is 29.2 Å². The first-order valence-electron chi connectivity index (χ1n) is 8.52. The number of rotatable bonds is 4. The number of ether oxygens (including phenoxy) is 2. The molecular weight excluding hydrogens is 356 g/mol. The minimum absolute atomic E-state index is 0.187. The third-order valence-corrected chi connectivity index (χ3v) is 5.02. The molecule has 1 fully saturated rings. The van der Waals surface area contributed by atoms with Crippen LogP contribution in [-0.4, -0.2) is 40.1 Å². The van der Waals surface area contributed by atoms with Gasteiger partial charge in [0.25, 0.3) is 5.56 Å². The van der Waals surface area contributed by atoms with E-state index in [-0.39, 0.29) is 11.6 Å². The van der Waals surface area contributed by atoms with Crippen molar-refractivity contribution in [2.24, 2.45) is 0 Å². The lowest BCUT2D eigenvalue weighted by atomic mass is 10.1. The molecular formula is C18H19ClN4O3. The monoisotopic (exact) mass is 374 g/mol. The Morgan fingerprint density at radius 3 is 2.92 bits per heavy atom. The molecule has 2 aromatic heterocycles. The molecule has 1 aromatic carbocycles. The summed E-state index contributed by atoms with van der Waals surface area (Å²) in [5.41, 5.74) is 1.29. The van der Waals surface area contributed by atoms with E-state index in [1.54, 1.807) is 19.4 Å². The largest absolute Gasteiger partial charge is 0.497 e. The second-order valence-corrected chi connectivity index (χ2v) is 6.72. The molecule has 0 amide bonds. The van der Waals surface area contributed by atoms with Gasteiger partial charge in [-0.05, 0) is 30.5 Å². The van der Waals surface area contributed by atoms with Gasteiger partial charge in [-0.3, -0.25) is 4.79 Å². The number of benzene rings is 1. The van der Waals surface area contributed by atoms with Crippen LogP contribution in [0.2, 0.25) is 5.02 Å². The maximum absolute atomic E-state index is 12.4. The molecule has 1 aliphatic heterocycles. The molecule has 0 saturated carbocycles. The molecule has 0 aliphatic carbocycles. The number of H-pyrrole nitrogens is 1.